The minimum atomic E-state index is 1.00. The van der Waals surface area contributed by atoms with Crippen molar-refractivity contribution < 1.29 is 5.11 Å². The van der Waals surface area contributed by atoms with Gasteiger partial charge in [-0.05, 0) is 37.7 Å². The molecule has 1 aliphatic heterocycles. The van der Waals surface area contributed by atoms with Crippen molar-refractivity contribution in [3.8, 4) is 10.6 Å². The van der Waals surface area contributed by atoms with Crippen molar-refractivity contribution >= 4 is 16.5 Å². The Balaban J connectivity index is 0.000000636. The lowest BCUT2D eigenvalue weighted by atomic mass is 10.1. The van der Waals surface area contributed by atoms with Crippen LogP contribution in [0.2, 0.25) is 0 Å². The molecule has 0 amide bonds. The Morgan fingerprint density at radius 1 is 1.14 bits per heavy atom. The van der Waals surface area contributed by atoms with Crippen molar-refractivity contribution in [3.63, 3.8) is 0 Å². The molecule has 2 aromatic rings. The zero-order valence-electron chi connectivity index (χ0n) is 12.7. The number of thiazole rings is 1. The molecule has 2 aromatic heterocycles. The van der Waals surface area contributed by atoms with Crippen molar-refractivity contribution in [2.24, 2.45) is 7.05 Å². The van der Waals surface area contributed by atoms with E-state index in [1.165, 1.54) is 59.3 Å². The molecule has 0 bridgehead atoms. The molecule has 0 spiro atoms. The number of fused-ring (bicyclic) bond motifs is 3. The fourth-order valence-electron chi connectivity index (χ4n) is 3.14. The maximum Gasteiger partial charge on any atom is 0.186 e. The number of aryl methyl sites for hydroxylation is 3. The number of nitrogens with zero attached hydrogens (tertiary/aromatic N) is 4. The second kappa shape index (κ2) is 6.15. The first-order chi connectivity index (χ1) is 10.3. The average Bonchev–Trinajstić information content (AvgIpc) is 3.20. The van der Waals surface area contributed by atoms with Crippen LogP contribution in [0.3, 0.4) is 0 Å². The van der Waals surface area contributed by atoms with E-state index in [-0.39, 0.29) is 0 Å². The fourth-order valence-corrected chi connectivity index (χ4v) is 4.42. The molecule has 0 atom stereocenters. The van der Waals surface area contributed by atoms with E-state index in [0.717, 1.165) is 20.0 Å². The third kappa shape index (κ3) is 2.58. The maximum atomic E-state index is 7.00. The predicted octanol–water partition coefficient (Wildman–Crippen LogP) is 2.24. The Morgan fingerprint density at radius 2 is 1.90 bits per heavy atom. The highest BCUT2D eigenvalue weighted by atomic mass is 32.1. The Kier molecular flexibility index (Phi) is 4.26. The molecule has 1 N–H and O–H groups in total. The molecule has 0 unspecified atom stereocenters. The number of aromatic nitrogens is 3. The quantitative estimate of drug-likeness (QED) is 0.878. The fraction of sp³-hybridized carbons (Fsp3) is 0.600. The van der Waals surface area contributed by atoms with Gasteiger partial charge in [0.1, 0.15) is 0 Å². The van der Waals surface area contributed by atoms with Gasteiger partial charge in [0.2, 0.25) is 0 Å². The number of rotatable bonds is 1. The van der Waals surface area contributed by atoms with E-state index in [4.69, 9.17) is 10.1 Å². The Labute approximate surface area is 129 Å². The number of aliphatic hydroxyl groups excluding tert-OH is 1. The van der Waals surface area contributed by atoms with E-state index in [9.17, 15) is 0 Å². The van der Waals surface area contributed by atoms with Gasteiger partial charge in [0.25, 0.3) is 0 Å². The maximum absolute atomic E-state index is 7.00. The van der Waals surface area contributed by atoms with Crippen molar-refractivity contribution in [1.82, 2.24) is 14.8 Å². The molecule has 4 rings (SSSR count). The summed E-state index contributed by atoms with van der Waals surface area (Å²) in [6.07, 6.45) is 8.07. The Morgan fingerprint density at radius 3 is 2.67 bits per heavy atom. The number of aliphatic hydroxyl groups is 1. The second-order valence-corrected chi connectivity index (χ2v) is 6.44. The van der Waals surface area contributed by atoms with Crippen LogP contribution in [0.5, 0.6) is 0 Å². The first-order valence-corrected chi connectivity index (χ1v) is 8.35. The van der Waals surface area contributed by atoms with E-state index in [1.807, 2.05) is 29.3 Å². The first kappa shape index (κ1) is 14.5. The third-order valence-electron chi connectivity index (χ3n) is 4.15. The van der Waals surface area contributed by atoms with Crippen LogP contribution in [0.4, 0.5) is 5.13 Å². The minimum absolute atomic E-state index is 1.00. The highest BCUT2D eigenvalue weighted by Crippen LogP contribution is 2.40. The highest BCUT2D eigenvalue weighted by Gasteiger charge is 2.25. The van der Waals surface area contributed by atoms with Crippen LogP contribution in [0, 0.1) is 0 Å². The lowest BCUT2D eigenvalue weighted by Gasteiger charge is -2.12. The molecular weight excluding hydrogens is 284 g/mol. The standard InChI is InChI=1S/C14H18N4S.CH4O/c1-17-12-10(9-15-17)5-4-6-11-13(12)19-14(16-11)18-7-2-3-8-18;1-2/h9H,2-8H2,1H3;2H,1H3. The van der Waals surface area contributed by atoms with Gasteiger partial charge < -0.3 is 10.0 Å². The summed E-state index contributed by atoms with van der Waals surface area (Å²) in [6, 6.07) is 0. The zero-order chi connectivity index (χ0) is 14.8. The van der Waals surface area contributed by atoms with Crippen molar-refractivity contribution in [1.29, 1.82) is 0 Å². The average molecular weight is 306 g/mol. The normalized spacial score (nSPS) is 16.8. The van der Waals surface area contributed by atoms with Gasteiger partial charge in [0, 0.05) is 27.2 Å². The summed E-state index contributed by atoms with van der Waals surface area (Å²) in [6.45, 7) is 2.34. The molecule has 3 heterocycles. The van der Waals surface area contributed by atoms with Crippen molar-refractivity contribution in [2.75, 3.05) is 25.1 Å². The van der Waals surface area contributed by atoms with E-state index in [1.54, 1.807) is 0 Å². The van der Waals surface area contributed by atoms with E-state index in [2.05, 4.69) is 10.00 Å². The van der Waals surface area contributed by atoms with Gasteiger partial charge in [-0.2, -0.15) is 5.10 Å². The number of hydrogen-bond donors (Lipinski definition) is 1. The summed E-state index contributed by atoms with van der Waals surface area (Å²) >= 11 is 1.86. The summed E-state index contributed by atoms with van der Waals surface area (Å²) in [7, 11) is 3.04. The van der Waals surface area contributed by atoms with Gasteiger partial charge >= 0.3 is 0 Å². The SMILES string of the molecule is CO.Cn1ncc2c1-c1sc(N3CCCC3)nc1CCC2. The Hall–Kier alpha value is -1.40. The summed E-state index contributed by atoms with van der Waals surface area (Å²) < 4.78 is 2.02. The molecule has 1 aliphatic carbocycles. The second-order valence-electron chi connectivity index (χ2n) is 5.46. The molecule has 6 heteroatoms. The molecule has 0 radical (unpaired) electrons. The monoisotopic (exact) mass is 306 g/mol. The number of hydrogen-bond acceptors (Lipinski definition) is 5. The molecule has 0 aromatic carbocycles. The van der Waals surface area contributed by atoms with E-state index < -0.39 is 0 Å². The first-order valence-electron chi connectivity index (χ1n) is 7.53. The molecule has 0 saturated carbocycles. The van der Waals surface area contributed by atoms with Gasteiger partial charge in [-0.3, -0.25) is 4.68 Å². The predicted molar refractivity (Wildman–Crippen MR) is 85.9 cm³/mol. The molecule has 2 aliphatic rings. The van der Waals surface area contributed by atoms with E-state index in [0.29, 0.717) is 0 Å². The summed E-state index contributed by atoms with van der Waals surface area (Å²) in [5.41, 5.74) is 3.97. The van der Waals surface area contributed by atoms with Crippen LogP contribution in [-0.2, 0) is 19.9 Å². The van der Waals surface area contributed by atoms with E-state index >= 15 is 0 Å². The van der Waals surface area contributed by atoms with Crippen LogP contribution in [0.1, 0.15) is 30.5 Å². The summed E-state index contributed by atoms with van der Waals surface area (Å²) in [5.74, 6) is 0. The topological polar surface area (TPSA) is 54.2 Å². The smallest absolute Gasteiger partial charge is 0.186 e. The summed E-state index contributed by atoms with van der Waals surface area (Å²) in [4.78, 5) is 8.71. The largest absolute Gasteiger partial charge is 0.400 e. The van der Waals surface area contributed by atoms with Crippen LogP contribution >= 0.6 is 11.3 Å². The van der Waals surface area contributed by atoms with Crippen LogP contribution in [0.25, 0.3) is 10.6 Å². The molecule has 114 valence electrons. The molecular formula is C15H22N4OS. The van der Waals surface area contributed by atoms with Crippen LogP contribution in [-0.4, -0.2) is 40.1 Å². The van der Waals surface area contributed by atoms with Crippen LogP contribution in [0.15, 0.2) is 6.20 Å². The third-order valence-corrected chi connectivity index (χ3v) is 5.32. The van der Waals surface area contributed by atoms with Gasteiger partial charge in [0.15, 0.2) is 5.13 Å². The lowest BCUT2D eigenvalue weighted by molar-refractivity contribution is 0.399. The molecule has 5 nitrogen and oxygen atoms in total. The number of anilines is 1. The summed E-state index contributed by atoms with van der Waals surface area (Å²) in [5, 5.41) is 12.6. The molecule has 1 saturated heterocycles. The minimum Gasteiger partial charge on any atom is -0.400 e. The molecule has 21 heavy (non-hydrogen) atoms. The van der Waals surface area contributed by atoms with Crippen molar-refractivity contribution in [3.05, 3.63) is 17.5 Å². The van der Waals surface area contributed by atoms with Crippen molar-refractivity contribution in [2.45, 2.75) is 32.1 Å². The zero-order valence-corrected chi connectivity index (χ0v) is 13.5. The highest BCUT2D eigenvalue weighted by molar-refractivity contribution is 7.19. The van der Waals surface area contributed by atoms with Gasteiger partial charge in [-0.15, -0.1) is 0 Å². The van der Waals surface area contributed by atoms with Gasteiger partial charge in [-0.25, -0.2) is 4.98 Å². The van der Waals surface area contributed by atoms with Gasteiger partial charge in [-0.1, -0.05) is 11.3 Å². The molecule has 1 fully saturated rings. The van der Waals surface area contributed by atoms with Crippen LogP contribution < -0.4 is 4.90 Å². The van der Waals surface area contributed by atoms with Gasteiger partial charge in [0.05, 0.1) is 22.5 Å². The Bertz CT molecular complexity index is 613. The lowest BCUT2D eigenvalue weighted by Crippen LogP contribution is -2.17.